The molecule has 0 aliphatic rings. The second kappa shape index (κ2) is 8.14. The van der Waals surface area contributed by atoms with Crippen LogP contribution in [0, 0.1) is 5.82 Å². The summed E-state index contributed by atoms with van der Waals surface area (Å²) in [5.74, 6) is -1.17. The van der Waals surface area contributed by atoms with Gasteiger partial charge in [-0.3, -0.25) is 9.59 Å². The van der Waals surface area contributed by atoms with Gasteiger partial charge >= 0.3 is 5.97 Å². The zero-order chi connectivity index (χ0) is 15.0. The Bertz CT molecular complexity index is 477. The molecule has 0 aliphatic heterocycles. The number of benzene rings is 1. The molecule has 0 bridgehead atoms. The first kappa shape index (κ1) is 15.9. The summed E-state index contributed by atoms with van der Waals surface area (Å²) in [6.07, 6.45) is 1.59. The number of halogens is 1. The molecule has 3 N–H and O–H groups in total. The quantitative estimate of drug-likeness (QED) is 0.454. The minimum atomic E-state index is -0.508. The van der Waals surface area contributed by atoms with Crippen molar-refractivity contribution in [1.29, 1.82) is 0 Å². The lowest BCUT2D eigenvalue weighted by Gasteiger charge is -2.07. The molecule has 20 heavy (non-hydrogen) atoms. The zero-order valence-corrected chi connectivity index (χ0v) is 11.4. The highest BCUT2D eigenvalue weighted by Crippen LogP contribution is 2.13. The molecule has 6 heteroatoms. The van der Waals surface area contributed by atoms with Gasteiger partial charge in [0.1, 0.15) is 5.82 Å². The lowest BCUT2D eigenvalue weighted by atomic mass is 10.1. The second-order valence-corrected chi connectivity index (χ2v) is 4.25. The van der Waals surface area contributed by atoms with Crippen molar-refractivity contribution >= 4 is 17.6 Å². The van der Waals surface area contributed by atoms with Crippen molar-refractivity contribution in [3.8, 4) is 0 Å². The fourth-order valence-electron chi connectivity index (χ4n) is 1.65. The van der Waals surface area contributed by atoms with Crippen LogP contribution in [0.15, 0.2) is 18.2 Å². The molecule has 1 amide bonds. The number of nitrogen functional groups attached to an aromatic ring is 1. The van der Waals surface area contributed by atoms with Gasteiger partial charge in [-0.25, -0.2) is 4.39 Å². The van der Waals surface area contributed by atoms with Crippen molar-refractivity contribution < 1.29 is 18.7 Å². The number of rotatable bonds is 7. The topological polar surface area (TPSA) is 81.4 Å². The van der Waals surface area contributed by atoms with Crippen LogP contribution in [0.2, 0.25) is 0 Å². The Labute approximate surface area is 117 Å². The first-order valence-corrected chi connectivity index (χ1v) is 6.53. The van der Waals surface area contributed by atoms with Crippen molar-refractivity contribution in [3.05, 3.63) is 29.6 Å². The Hall–Kier alpha value is -2.11. The van der Waals surface area contributed by atoms with Crippen LogP contribution in [-0.4, -0.2) is 25.0 Å². The van der Waals surface area contributed by atoms with E-state index in [0.717, 1.165) is 6.07 Å². The summed E-state index contributed by atoms with van der Waals surface area (Å²) >= 11 is 0. The SMILES string of the molecule is CCOC(=O)CCCCNC(=O)c1cc(F)ccc1N. The van der Waals surface area contributed by atoms with Crippen LogP contribution < -0.4 is 11.1 Å². The normalized spacial score (nSPS) is 10.1. The molecule has 0 aromatic heterocycles. The van der Waals surface area contributed by atoms with Gasteiger partial charge in [0, 0.05) is 18.7 Å². The predicted octanol–water partition coefficient (Wildman–Crippen LogP) is 1.87. The molecule has 0 atom stereocenters. The standard InChI is InChI=1S/C14H19FN2O3/c1-2-20-13(18)5-3-4-8-17-14(19)11-9-10(15)6-7-12(11)16/h6-7,9H,2-5,8,16H2,1H3,(H,17,19). The van der Waals surface area contributed by atoms with Crippen molar-refractivity contribution in [1.82, 2.24) is 5.32 Å². The average molecular weight is 282 g/mol. The van der Waals surface area contributed by atoms with Crippen LogP contribution in [0.3, 0.4) is 0 Å². The smallest absolute Gasteiger partial charge is 0.305 e. The largest absolute Gasteiger partial charge is 0.466 e. The van der Waals surface area contributed by atoms with Gasteiger partial charge in [-0.15, -0.1) is 0 Å². The number of hydrogen-bond donors (Lipinski definition) is 2. The summed E-state index contributed by atoms with van der Waals surface area (Å²) in [6.45, 7) is 2.52. The number of ether oxygens (including phenoxy) is 1. The van der Waals surface area contributed by atoms with E-state index in [0.29, 0.717) is 32.4 Å². The minimum Gasteiger partial charge on any atom is -0.466 e. The van der Waals surface area contributed by atoms with E-state index in [9.17, 15) is 14.0 Å². The number of nitrogens with two attached hydrogens (primary N) is 1. The Morgan fingerprint density at radius 1 is 1.35 bits per heavy atom. The van der Waals surface area contributed by atoms with E-state index in [1.54, 1.807) is 6.92 Å². The van der Waals surface area contributed by atoms with Crippen LogP contribution in [0.4, 0.5) is 10.1 Å². The maximum absolute atomic E-state index is 13.0. The highest BCUT2D eigenvalue weighted by atomic mass is 19.1. The number of carbonyl (C=O) groups excluding carboxylic acids is 2. The molecule has 0 spiro atoms. The van der Waals surface area contributed by atoms with Gasteiger partial charge in [0.2, 0.25) is 0 Å². The second-order valence-electron chi connectivity index (χ2n) is 4.25. The zero-order valence-electron chi connectivity index (χ0n) is 11.4. The number of carbonyl (C=O) groups is 2. The number of hydrogen-bond acceptors (Lipinski definition) is 4. The Kier molecular flexibility index (Phi) is 6.49. The molecule has 1 aromatic rings. The van der Waals surface area contributed by atoms with Gasteiger partial charge in [-0.1, -0.05) is 0 Å². The van der Waals surface area contributed by atoms with E-state index in [-0.39, 0.29) is 17.2 Å². The van der Waals surface area contributed by atoms with E-state index < -0.39 is 11.7 Å². The molecule has 0 aliphatic carbocycles. The van der Waals surface area contributed by atoms with Crippen LogP contribution in [0.1, 0.15) is 36.5 Å². The molecule has 110 valence electrons. The first-order valence-electron chi connectivity index (χ1n) is 6.53. The molecule has 1 rings (SSSR count). The summed E-state index contributed by atoms with van der Waals surface area (Å²) in [5.41, 5.74) is 5.96. The fraction of sp³-hybridized carbons (Fsp3) is 0.429. The van der Waals surface area contributed by atoms with E-state index in [2.05, 4.69) is 5.32 Å². The van der Waals surface area contributed by atoms with E-state index in [1.165, 1.54) is 12.1 Å². The molecule has 0 fully saturated rings. The molecular weight excluding hydrogens is 263 g/mol. The third-order valence-electron chi connectivity index (χ3n) is 2.66. The Morgan fingerprint density at radius 3 is 2.80 bits per heavy atom. The van der Waals surface area contributed by atoms with Crippen molar-refractivity contribution in [2.75, 3.05) is 18.9 Å². The third-order valence-corrected chi connectivity index (χ3v) is 2.66. The van der Waals surface area contributed by atoms with Crippen LogP contribution in [0.25, 0.3) is 0 Å². The molecular formula is C14H19FN2O3. The summed E-state index contributed by atoms with van der Waals surface area (Å²) in [7, 11) is 0. The molecule has 0 saturated heterocycles. The lowest BCUT2D eigenvalue weighted by Crippen LogP contribution is -2.25. The van der Waals surface area contributed by atoms with Crippen LogP contribution >= 0.6 is 0 Å². The van der Waals surface area contributed by atoms with Gasteiger partial charge in [0.05, 0.1) is 12.2 Å². The molecule has 5 nitrogen and oxygen atoms in total. The van der Waals surface area contributed by atoms with Gasteiger partial charge in [0.25, 0.3) is 5.91 Å². The summed E-state index contributed by atoms with van der Waals surface area (Å²) in [5, 5.41) is 2.64. The summed E-state index contributed by atoms with van der Waals surface area (Å²) < 4.78 is 17.8. The number of amides is 1. The highest BCUT2D eigenvalue weighted by molar-refractivity contribution is 5.99. The maximum Gasteiger partial charge on any atom is 0.305 e. The minimum absolute atomic E-state index is 0.121. The van der Waals surface area contributed by atoms with Crippen molar-refractivity contribution in [2.45, 2.75) is 26.2 Å². The molecule has 0 unspecified atom stereocenters. The van der Waals surface area contributed by atoms with Crippen molar-refractivity contribution in [3.63, 3.8) is 0 Å². The third kappa shape index (κ3) is 5.26. The molecule has 1 aromatic carbocycles. The van der Waals surface area contributed by atoms with E-state index in [4.69, 9.17) is 10.5 Å². The van der Waals surface area contributed by atoms with Gasteiger partial charge in [0.15, 0.2) is 0 Å². The number of anilines is 1. The maximum atomic E-state index is 13.0. The van der Waals surface area contributed by atoms with Gasteiger partial charge in [-0.05, 0) is 38.0 Å². The molecule has 0 saturated carbocycles. The lowest BCUT2D eigenvalue weighted by molar-refractivity contribution is -0.143. The first-order chi connectivity index (χ1) is 9.54. The predicted molar refractivity (Wildman–Crippen MR) is 73.6 cm³/mol. The Morgan fingerprint density at radius 2 is 2.10 bits per heavy atom. The van der Waals surface area contributed by atoms with E-state index >= 15 is 0 Å². The van der Waals surface area contributed by atoms with Crippen LogP contribution in [0.5, 0.6) is 0 Å². The Balaban J connectivity index is 2.30. The average Bonchev–Trinajstić information content (AvgIpc) is 2.41. The van der Waals surface area contributed by atoms with Gasteiger partial charge < -0.3 is 15.8 Å². The summed E-state index contributed by atoms with van der Waals surface area (Å²) in [6, 6.07) is 3.65. The fourth-order valence-corrected chi connectivity index (χ4v) is 1.65. The van der Waals surface area contributed by atoms with Crippen LogP contribution in [-0.2, 0) is 9.53 Å². The number of esters is 1. The molecule has 0 radical (unpaired) electrons. The monoisotopic (exact) mass is 282 g/mol. The van der Waals surface area contributed by atoms with Crippen molar-refractivity contribution in [2.24, 2.45) is 0 Å². The van der Waals surface area contributed by atoms with Gasteiger partial charge in [-0.2, -0.15) is 0 Å². The number of unbranched alkanes of at least 4 members (excludes halogenated alkanes) is 1. The summed E-state index contributed by atoms with van der Waals surface area (Å²) in [4.78, 5) is 22.8. The van der Waals surface area contributed by atoms with E-state index in [1.807, 2.05) is 0 Å². The number of nitrogens with one attached hydrogen (secondary N) is 1. The molecule has 0 heterocycles. The highest BCUT2D eigenvalue weighted by Gasteiger charge is 2.10.